The zero-order valence-corrected chi connectivity index (χ0v) is 34.1. The Morgan fingerprint density at radius 1 is 0.672 bits per heavy atom. The van der Waals surface area contributed by atoms with E-state index in [4.69, 9.17) is 9.47 Å². The second kappa shape index (κ2) is 18.9. The summed E-state index contributed by atoms with van der Waals surface area (Å²) in [5, 5.41) is 5.44. The maximum atomic E-state index is 13.6. The lowest BCUT2D eigenvalue weighted by molar-refractivity contribution is -0.135. The topological polar surface area (TPSA) is 175 Å². The summed E-state index contributed by atoms with van der Waals surface area (Å²) >= 11 is 0. The third kappa shape index (κ3) is 10.1. The number of aromatic nitrogens is 4. The molecule has 2 saturated heterocycles. The molecule has 6 rings (SSSR count). The van der Waals surface area contributed by atoms with E-state index in [0.29, 0.717) is 25.9 Å². The first-order chi connectivity index (χ1) is 27.9. The predicted molar refractivity (Wildman–Crippen MR) is 219 cm³/mol. The molecule has 14 nitrogen and oxygen atoms in total. The average Bonchev–Trinajstić information content (AvgIpc) is 4.06. The number of methoxy groups -OCH3 is 2. The van der Waals surface area contributed by atoms with E-state index < -0.39 is 24.3 Å². The molecule has 2 fully saturated rings. The van der Waals surface area contributed by atoms with Crippen LogP contribution in [0.15, 0.2) is 60.9 Å². The summed E-state index contributed by atoms with van der Waals surface area (Å²) in [5.74, 6) is 8.10. The van der Waals surface area contributed by atoms with Crippen molar-refractivity contribution in [3.05, 3.63) is 83.7 Å². The van der Waals surface area contributed by atoms with E-state index in [1.54, 1.807) is 12.4 Å². The zero-order valence-electron chi connectivity index (χ0n) is 34.1. The molecule has 2 aromatic carbocycles. The van der Waals surface area contributed by atoms with E-state index in [2.05, 4.69) is 42.4 Å². The van der Waals surface area contributed by atoms with Crippen molar-refractivity contribution in [1.82, 2.24) is 40.4 Å². The highest BCUT2D eigenvalue weighted by atomic mass is 16.5. The van der Waals surface area contributed by atoms with Gasteiger partial charge in [0.05, 0.1) is 50.1 Å². The molecule has 4 amide bonds. The molecule has 0 aliphatic carbocycles. The molecule has 0 unspecified atom stereocenters. The van der Waals surface area contributed by atoms with Crippen LogP contribution in [0.1, 0.15) is 101 Å². The van der Waals surface area contributed by atoms with Crippen LogP contribution >= 0.6 is 0 Å². The molecule has 0 saturated carbocycles. The van der Waals surface area contributed by atoms with Crippen LogP contribution in [0.4, 0.5) is 9.59 Å². The molecule has 4 aromatic rings. The molecule has 58 heavy (non-hydrogen) atoms. The molecule has 0 bridgehead atoms. The molecule has 14 heteroatoms. The van der Waals surface area contributed by atoms with Gasteiger partial charge in [0.1, 0.15) is 23.7 Å². The predicted octanol–water partition coefficient (Wildman–Crippen LogP) is 6.74. The molecular formula is C44H54N8O6. The number of ether oxygens (including phenoxy) is 2. The van der Waals surface area contributed by atoms with Crippen LogP contribution in [0.3, 0.4) is 0 Å². The number of aromatic amines is 2. The molecule has 4 heterocycles. The molecule has 4 N–H and O–H groups in total. The fraction of sp³-hybridized carbons (Fsp3) is 0.455. The first-order valence-electron chi connectivity index (χ1n) is 20.1. The minimum absolute atomic E-state index is 0.128. The summed E-state index contributed by atoms with van der Waals surface area (Å²) < 4.78 is 9.56. The number of amides is 4. The minimum atomic E-state index is -0.667. The van der Waals surface area contributed by atoms with Crippen LogP contribution < -0.4 is 10.6 Å². The second-order valence-electron chi connectivity index (χ2n) is 15.8. The zero-order chi connectivity index (χ0) is 41.3. The fourth-order valence-electron chi connectivity index (χ4n) is 7.73. The van der Waals surface area contributed by atoms with E-state index in [-0.39, 0.29) is 35.7 Å². The van der Waals surface area contributed by atoms with Gasteiger partial charge in [0, 0.05) is 24.2 Å². The normalized spacial score (nSPS) is 17.4. The van der Waals surface area contributed by atoms with Crippen molar-refractivity contribution in [2.75, 3.05) is 27.3 Å². The lowest BCUT2D eigenvalue weighted by Gasteiger charge is -2.29. The van der Waals surface area contributed by atoms with Gasteiger partial charge in [-0.05, 0) is 85.8 Å². The summed E-state index contributed by atoms with van der Waals surface area (Å²) in [7, 11) is 2.59. The molecule has 0 spiro atoms. The first kappa shape index (κ1) is 41.5. The molecule has 0 radical (unpaired) electrons. The highest BCUT2D eigenvalue weighted by Gasteiger charge is 2.38. The SMILES string of the molecule is COC(=O)N[C@@H](CC(C)C)C(=O)N1CCC[C@H]1c1ncc(-c2ccc(C#Cc3ccc(-c4cnc([C@@H]5CCCN5C(=O)[C@H](CC(C)C)NC(=O)OC)[nH]4)cc3)cc2)[nH]1. The summed E-state index contributed by atoms with van der Waals surface area (Å²) in [5.41, 5.74) is 5.31. The average molecular weight is 791 g/mol. The Kier molecular flexibility index (Phi) is 13.5. The smallest absolute Gasteiger partial charge is 0.407 e. The summed E-state index contributed by atoms with van der Waals surface area (Å²) in [6, 6.07) is 14.1. The number of H-pyrrole nitrogens is 2. The Morgan fingerprint density at radius 2 is 1.05 bits per heavy atom. The largest absolute Gasteiger partial charge is 0.453 e. The maximum absolute atomic E-state index is 13.6. The fourth-order valence-corrected chi connectivity index (χ4v) is 7.73. The van der Waals surface area contributed by atoms with E-state index in [0.717, 1.165) is 71.0 Å². The van der Waals surface area contributed by atoms with Gasteiger partial charge < -0.3 is 39.9 Å². The first-order valence-corrected chi connectivity index (χ1v) is 20.1. The third-order valence-corrected chi connectivity index (χ3v) is 10.6. The number of carbonyl (C=O) groups is 4. The van der Waals surface area contributed by atoms with Gasteiger partial charge in [0.25, 0.3) is 0 Å². The van der Waals surface area contributed by atoms with E-state index in [1.807, 2.05) is 86.0 Å². The molecular weight excluding hydrogens is 737 g/mol. The molecule has 2 aliphatic rings. The number of hydrogen-bond donors (Lipinski definition) is 4. The monoisotopic (exact) mass is 790 g/mol. The molecule has 306 valence electrons. The van der Waals surface area contributed by atoms with Crippen LogP contribution in [-0.4, -0.2) is 93.1 Å². The summed E-state index contributed by atoms with van der Waals surface area (Å²) in [6.45, 7) is 9.26. The van der Waals surface area contributed by atoms with Crippen molar-refractivity contribution in [3.8, 4) is 34.4 Å². The van der Waals surface area contributed by atoms with Crippen LogP contribution in [0.2, 0.25) is 0 Å². The lowest BCUT2D eigenvalue weighted by Crippen LogP contribution is -2.49. The summed E-state index contributed by atoms with van der Waals surface area (Å²) in [6.07, 6.45) is 6.63. The van der Waals surface area contributed by atoms with Gasteiger partial charge in [-0.3, -0.25) is 9.59 Å². The van der Waals surface area contributed by atoms with E-state index >= 15 is 0 Å². The van der Waals surface area contributed by atoms with Gasteiger partial charge in [-0.25, -0.2) is 19.6 Å². The third-order valence-electron chi connectivity index (χ3n) is 10.6. The molecule has 4 atom stereocenters. The number of benzene rings is 2. The number of likely N-dealkylation sites (tertiary alicyclic amines) is 2. The molecule has 2 aromatic heterocycles. The number of nitrogens with one attached hydrogen (secondary N) is 4. The minimum Gasteiger partial charge on any atom is -0.453 e. The highest BCUT2D eigenvalue weighted by Crippen LogP contribution is 2.34. The van der Waals surface area contributed by atoms with Gasteiger partial charge in [-0.2, -0.15) is 0 Å². The Bertz CT molecular complexity index is 1960. The van der Waals surface area contributed by atoms with Gasteiger partial charge in [0.15, 0.2) is 0 Å². The second-order valence-corrected chi connectivity index (χ2v) is 15.8. The van der Waals surface area contributed by atoms with Crippen LogP contribution in [-0.2, 0) is 19.1 Å². The Morgan fingerprint density at radius 3 is 1.40 bits per heavy atom. The Hall–Kier alpha value is -6.10. The van der Waals surface area contributed by atoms with Crippen molar-refractivity contribution >= 4 is 24.0 Å². The van der Waals surface area contributed by atoms with E-state index in [1.165, 1.54) is 14.2 Å². The van der Waals surface area contributed by atoms with Crippen molar-refractivity contribution in [1.29, 1.82) is 0 Å². The van der Waals surface area contributed by atoms with Gasteiger partial charge >= 0.3 is 12.2 Å². The number of rotatable bonds is 12. The van der Waals surface area contributed by atoms with Gasteiger partial charge in [0.2, 0.25) is 11.8 Å². The molecule has 2 aliphatic heterocycles. The number of imidazole rings is 2. The van der Waals surface area contributed by atoms with Crippen molar-refractivity contribution in [2.24, 2.45) is 11.8 Å². The van der Waals surface area contributed by atoms with Crippen molar-refractivity contribution in [3.63, 3.8) is 0 Å². The Labute approximate surface area is 339 Å². The van der Waals surface area contributed by atoms with Crippen LogP contribution in [0, 0.1) is 23.7 Å². The van der Waals surface area contributed by atoms with Crippen LogP contribution in [0.5, 0.6) is 0 Å². The standard InChI is InChI=1S/C44H54N8O6/c1-27(2)23-33(49-43(55)57-5)41(53)51-21-7-9-37(51)39-45-25-35(47-39)31-17-13-29(14-18-31)11-12-30-15-19-32(20-16-30)36-26-46-40(48-36)38-10-8-22-52(38)42(54)34(24-28(3)4)50-44(56)58-6/h13-20,25-28,33-34,37-38H,7-10,21-24H2,1-6H3,(H,45,47)(H,46,48)(H,49,55)(H,50,56)/t33-,34-,37-,38-/m0/s1. The van der Waals surface area contributed by atoms with Crippen molar-refractivity contribution < 1.29 is 28.7 Å². The number of nitrogens with zero attached hydrogens (tertiary/aromatic N) is 4. The van der Waals surface area contributed by atoms with E-state index in [9.17, 15) is 19.2 Å². The lowest BCUT2D eigenvalue weighted by atomic mass is 10.0. The van der Waals surface area contributed by atoms with Crippen LogP contribution in [0.25, 0.3) is 22.5 Å². The van der Waals surface area contributed by atoms with Crippen molar-refractivity contribution in [2.45, 2.75) is 90.4 Å². The number of alkyl carbamates (subject to hydrolysis) is 2. The maximum Gasteiger partial charge on any atom is 0.407 e. The number of carbonyl (C=O) groups excluding carboxylic acids is 4. The highest BCUT2D eigenvalue weighted by molar-refractivity contribution is 5.87. The Balaban J connectivity index is 1.07. The quantitative estimate of drug-likeness (QED) is 0.114. The van der Waals surface area contributed by atoms with Gasteiger partial charge in [-0.1, -0.05) is 63.8 Å². The summed E-state index contributed by atoms with van der Waals surface area (Å²) in [4.78, 5) is 71.0. The van der Waals surface area contributed by atoms with Gasteiger partial charge in [-0.15, -0.1) is 0 Å². The number of hydrogen-bond acceptors (Lipinski definition) is 8.